The van der Waals surface area contributed by atoms with Crippen molar-refractivity contribution in [3.8, 4) is 11.1 Å². The maximum absolute atomic E-state index is 14.0. The molecule has 1 aromatic carbocycles. The molecule has 2 aromatic heterocycles. The predicted octanol–water partition coefficient (Wildman–Crippen LogP) is 3.34. The Labute approximate surface area is 145 Å². The van der Waals surface area contributed by atoms with Crippen LogP contribution >= 0.6 is 11.3 Å². The summed E-state index contributed by atoms with van der Waals surface area (Å²) in [6, 6.07) is 7.86. The van der Waals surface area contributed by atoms with Crippen LogP contribution in [0.2, 0.25) is 0 Å². The van der Waals surface area contributed by atoms with Gasteiger partial charge < -0.3 is 5.11 Å². The predicted molar refractivity (Wildman–Crippen MR) is 90.9 cm³/mol. The van der Waals surface area contributed by atoms with E-state index in [9.17, 15) is 18.7 Å². The molecule has 3 aromatic rings. The van der Waals surface area contributed by atoms with Gasteiger partial charge in [0.25, 0.3) is 5.91 Å². The summed E-state index contributed by atoms with van der Waals surface area (Å²) in [6.45, 7) is -0.371. The first-order valence-corrected chi connectivity index (χ1v) is 8.17. The van der Waals surface area contributed by atoms with Gasteiger partial charge in [-0.15, -0.1) is 0 Å². The number of nitrogens with one attached hydrogen (secondary N) is 2. The van der Waals surface area contributed by atoms with Gasteiger partial charge in [0, 0.05) is 17.0 Å². The Morgan fingerprint density at radius 1 is 1.20 bits per heavy atom. The number of carbonyl (C=O) groups excluding carboxylic acids is 1. The first-order valence-electron chi connectivity index (χ1n) is 7.22. The van der Waals surface area contributed by atoms with Crippen LogP contribution in [0.25, 0.3) is 11.1 Å². The number of nitrogens with zero attached hydrogens (tertiary/aromatic N) is 1. The third kappa shape index (κ3) is 3.98. The fourth-order valence-electron chi connectivity index (χ4n) is 2.20. The molecule has 0 spiro atoms. The number of thiophene rings is 1. The summed E-state index contributed by atoms with van der Waals surface area (Å²) >= 11 is 1.39. The quantitative estimate of drug-likeness (QED) is 0.610. The molecule has 0 radical (unpaired) electrons. The van der Waals surface area contributed by atoms with Crippen LogP contribution in [-0.4, -0.2) is 16.0 Å². The summed E-state index contributed by atoms with van der Waals surface area (Å²) in [5, 5.41) is 12.8. The lowest BCUT2D eigenvalue weighted by Gasteiger charge is -2.11. The monoisotopic (exact) mass is 361 g/mol. The van der Waals surface area contributed by atoms with E-state index in [1.54, 1.807) is 16.8 Å². The second-order valence-electron chi connectivity index (χ2n) is 5.11. The minimum atomic E-state index is -0.733. The van der Waals surface area contributed by atoms with E-state index in [-0.39, 0.29) is 29.6 Å². The number of carbonyl (C=O) groups is 1. The number of anilines is 1. The first-order chi connectivity index (χ1) is 12.1. The molecule has 3 rings (SSSR count). The van der Waals surface area contributed by atoms with Crippen LogP contribution in [-0.2, 0) is 6.61 Å². The van der Waals surface area contributed by atoms with Gasteiger partial charge in [0.15, 0.2) is 0 Å². The number of aromatic nitrogens is 1. The number of hydrogen-bond acceptors (Lipinski definition) is 5. The van der Waals surface area contributed by atoms with Gasteiger partial charge >= 0.3 is 0 Å². The zero-order valence-electron chi connectivity index (χ0n) is 12.8. The van der Waals surface area contributed by atoms with Crippen LogP contribution in [0.3, 0.4) is 0 Å². The molecule has 128 valence electrons. The highest BCUT2D eigenvalue weighted by atomic mass is 32.1. The van der Waals surface area contributed by atoms with Gasteiger partial charge in [0.1, 0.15) is 17.5 Å². The lowest BCUT2D eigenvalue weighted by atomic mass is 10.0. The molecule has 0 aliphatic heterocycles. The maximum Gasteiger partial charge on any atom is 0.270 e. The summed E-state index contributed by atoms with van der Waals surface area (Å²) in [4.78, 5) is 16.0. The lowest BCUT2D eigenvalue weighted by molar-refractivity contribution is 0.0963. The second-order valence-corrected chi connectivity index (χ2v) is 5.89. The molecule has 0 unspecified atom stereocenters. The van der Waals surface area contributed by atoms with Gasteiger partial charge in [0.05, 0.1) is 17.9 Å². The Bertz CT molecular complexity index is 901. The van der Waals surface area contributed by atoms with Gasteiger partial charge in [-0.3, -0.25) is 15.6 Å². The lowest BCUT2D eigenvalue weighted by Crippen LogP contribution is -2.29. The van der Waals surface area contributed by atoms with E-state index in [0.717, 1.165) is 12.1 Å². The zero-order valence-corrected chi connectivity index (χ0v) is 13.6. The fraction of sp³-hybridized carbons (Fsp3) is 0.0588. The standard InChI is InChI=1S/C17H13F2N3O2S/c18-12-1-2-14(15(19)7-12)11-5-13(8-23)20-16(6-11)21-22-17(24)10-3-4-25-9-10/h1-7,9,23H,8H2,(H,20,21)(H,22,24). The number of pyridine rings is 1. The topological polar surface area (TPSA) is 74.2 Å². The molecular formula is C17H13F2N3O2S. The Morgan fingerprint density at radius 3 is 2.72 bits per heavy atom. The maximum atomic E-state index is 14.0. The van der Waals surface area contributed by atoms with Crippen molar-refractivity contribution in [2.75, 3.05) is 5.43 Å². The molecule has 2 heterocycles. The average Bonchev–Trinajstić information content (AvgIpc) is 3.14. The van der Waals surface area contributed by atoms with Crippen LogP contribution in [0.5, 0.6) is 0 Å². The number of halogens is 2. The number of aliphatic hydroxyl groups is 1. The largest absolute Gasteiger partial charge is 0.390 e. The summed E-state index contributed by atoms with van der Waals surface area (Å²) in [7, 11) is 0. The molecule has 0 atom stereocenters. The van der Waals surface area contributed by atoms with Crippen LogP contribution in [0.4, 0.5) is 14.6 Å². The molecule has 1 amide bonds. The molecule has 25 heavy (non-hydrogen) atoms. The van der Waals surface area contributed by atoms with Crippen molar-refractivity contribution in [3.05, 3.63) is 70.1 Å². The Kier molecular flexibility index (Phi) is 5.01. The van der Waals surface area contributed by atoms with Gasteiger partial charge in [0.2, 0.25) is 0 Å². The third-order valence-electron chi connectivity index (χ3n) is 3.37. The number of amides is 1. The first kappa shape index (κ1) is 17.0. The number of aliphatic hydroxyl groups excluding tert-OH is 1. The molecule has 0 saturated heterocycles. The van der Waals surface area contributed by atoms with Crippen molar-refractivity contribution in [1.29, 1.82) is 0 Å². The number of hydrazine groups is 1. The molecular weight excluding hydrogens is 348 g/mol. The van der Waals surface area contributed by atoms with Crippen molar-refractivity contribution in [1.82, 2.24) is 10.4 Å². The summed E-state index contributed by atoms with van der Waals surface area (Å²) < 4.78 is 27.1. The summed E-state index contributed by atoms with van der Waals surface area (Å²) in [5.74, 6) is -1.55. The van der Waals surface area contributed by atoms with Crippen molar-refractivity contribution < 1.29 is 18.7 Å². The number of rotatable bonds is 5. The second kappa shape index (κ2) is 7.37. The van der Waals surface area contributed by atoms with E-state index in [4.69, 9.17) is 0 Å². The minimum Gasteiger partial charge on any atom is -0.390 e. The average molecular weight is 361 g/mol. The molecule has 0 aliphatic carbocycles. The Balaban J connectivity index is 1.86. The summed E-state index contributed by atoms with van der Waals surface area (Å²) in [6.07, 6.45) is 0. The molecule has 0 bridgehead atoms. The molecule has 0 aliphatic rings. The van der Waals surface area contributed by atoms with Crippen LogP contribution in [0, 0.1) is 11.6 Å². The van der Waals surface area contributed by atoms with E-state index >= 15 is 0 Å². The fourth-order valence-corrected chi connectivity index (χ4v) is 2.83. The normalized spacial score (nSPS) is 10.5. The third-order valence-corrected chi connectivity index (χ3v) is 4.05. The van der Waals surface area contributed by atoms with Crippen LogP contribution in [0.15, 0.2) is 47.2 Å². The Hall–Kier alpha value is -2.84. The summed E-state index contributed by atoms with van der Waals surface area (Å²) in [5.41, 5.74) is 6.42. The smallest absolute Gasteiger partial charge is 0.270 e. The highest BCUT2D eigenvalue weighted by molar-refractivity contribution is 7.08. The highest BCUT2D eigenvalue weighted by Gasteiger charge is 2.11. The van der Waals surface area contributed by atoms with Gasteiger partial charge in [-0.2, -0.15) is 11.3 Å². The molecule has 0 fully saturated rings. The SMILES string of the molecule is O=C(NNc1cc(-c2ccc(F)cc2F)cc(CO)n1)c1ccsc1. The van der Waals surface area contributed by atoms with Gasteiger partial charge in [-0.25, -0.2) is 13.8 Å². The van der Waals surface area contributed by atoms with Crippen molar-refractivity contribution >= 4 is 23.1 Å². The molecule has 8 heteroatoms. The highest BCUT2D eigenvalue weighted by Crippen LogP contribution is 2.26. The van der Waals surface area contributed by atoms with E-state index in [1.807, 2.05) is 0 Å². The Morgan fingerprint density at radius 2 is 2.04 bits per heavy atom. The van der Waals surface area contributed by atoms with E-state index < -0.39 is 11.6 Å². The van der Waals surface area contributed by atoms with E-state index in [0.29, 0.717) is 11.1 Å². The number of benzene rings is 1. The van der Waals surface area contributed by atoms with Gasteiger partial charge in [-0.05, 0) is 41.3 Å². The van der Waals surface area contributed by atoms with Gasteiger partial charge in [-0.1, -0.05) is 0 Å². The number of hydrogen-bond donors (Lipinski definition) is 3. The molecule has 5 nitrogen and oxygen atoms in total. The zero-order chi connectivity index (χ0) is 17.8. The van der Waals surface area contributed by atoms with Crippen LogP contribution in [0.1, 0.15) is 16.1 Å². The minimum absolute atomic E-state index is 0.158. The molecule has 3 N–H and O–H groups in total. The van der Waals surface area contributed by atoms with E-state index in [2.05, 4.69) is 15.8 Å². The molecule has 0 saturated carbocycles. The van der Waals surface area contributed by atoms with Crippen LogP contribution < -0.4 is 10.9 Å². The van der Waals surface area contributed by atoms with E-state index in [1.165, 1.54) is 29.5 Å². The van der Waals surface area contributed by atoms with Crippen molar-refractivity contribution in [2.24, 2.45) is 0 Å². The van der Waals surface area contributed by atoms with Crippen molar-refractivity contribution in [3.63, 3.8) is 0 Å². The van der Waals surface area contributed by atoms with Crippen molar-refractivity contribution in [2.45, 2.75) is 6.61 Å².